The Bertz CT molecular complexity index is 436. The van der Waals surface area contributed by atoms with Gasteiger partial charge in [0, 0.05) is 18.2 Å². The molecule has 1 atom stereocenters. The Labute approximate surface area is 120 Å². The van der Waals surface area contributed by atoms with Crippen LogP contribution in [0.3, 0.4) is 0 Å². The van der Waals surface area contributed by atoms with E-state index in [1.54, 1.807) is 24.3 Å². The topological polar surface area (TPSA) is 75.3 Å². The van der Waals surface area contributed by atoms with Gasteiger partial charge in [-0.25, -0.2) is 0 Å². The number of anilines is 1. The molecule has 0 bridgehead atoms. The fourth-order valence-corrected chi connectivity index (χ4v) is 2.70. The average Bonchev–Trinajstić information content (AvgIpc) is 2.46. The van der Waals surface area contributed by atoms with Gasteiger partial charge in [-0.15, -0.1) is 0 Å². The van der Waals surface area contributed by atoms with Crippen LogP contribution in [-0.2, 0) is 4.79 Å². The highest BCUT2D eigenvalue weighted by molar-refractivity contribution is 5.78. The number of nitrogens with one attached hydrogen (secondary N) is 1. The lowest BCUT2D eigenvalue weighted by molar-refractivity contribution is -0.126. The molecular formula is C16H24N2O2. The third-order valence-electron chi connectivity index (χ3n) is 4.18. The van der Waals surface area contributed by atoms with E-state index in [1.165, 1.54) is 0 Å². The van der Waals surface area contributed by atoms with Gasteiger partial charge in [0.15, 0.2) is 0 Å². The number of nitrogen functional groups attached to an aromatic ring is 1. The van der Waals surface area contributed by atoms with Gasteiger partial charge in [0.1, 0.15) is 0 Å². The monoisotopic (exact) mass is 276 g/mol. The summed E-state index contributed by atoms with van der Waals surface area (Å²) < 4.78 is 0. The zero-order valence-electron chi connectivity index (χ0n) is 12.0. The second kappa shape index (κ2) is 6.75. The van der Waals surface area contributed by atoms with E-state index in [4.69, 9.17) is 5.73 Å². The van der Waals surface area contributed by atoms with Crippen LogP contribution in [0.4, 0.5) is 5.69 Å². The van der Waals surface area contributed by atoms with Crippen LogP contribution in [0.2, 0.25) is 0 Å². The van der Waals surface area contributed by atoms with Crippen molar-refractivity contribution in [2.75, 3.05) is 12.3 Å². The molecule has 1 aliphatic carbocycles. The Hall–Kier alpha value is -1.55. The zero-order chi connectivity index (χ0) is 14.5. The zero-order valence-corrected chi connectivity index (χ0v) is 12.0. The van der Waals surface area contributed by atoms with Crippen LogP contribution >= 0.6 is 0 Å². The molecule has 1 fully saturated rings. The van der Waals surface area contributed by atoms with Crippen LogP contribution in [0, 0.1) is 11.8 Å². The summed E-state index contributed by atoms with van der Waals surface area (Å²) in [6, 6.07) is 7.08. The third kappa shape index (κ3) is 3.97. The molecule has 0 radical (unpaired) electrons. The predicted molar refractivity (Wildman–Crippen MR) is 79.9 cm³/mol. The number of carbonyl (C=O) groups excluding carboxylic acids is 1. The Morgan fingerprint density at radius 3 is 2.50 bits per heavy atom. The van der Waals surface area contributed by atoms with E-state index in [0.717, 1.165) is 37.2 Å². The quantitative estimate of drug-likeness (QED) is 0.738. The molecule has 1 amide bonds. The van der Waals surface area contributed by atoms with Gasteiger partial charge in [0.25, 0.3) is 0 Å². The molecule has 0 aliphatic heterocycles. The van der Waals surface area contributed by atoms with Crippen molar-refractivity contribution in [3.63, 3.8) is 0 Å². The lowest BCUT2D eigenvalue weighted by Gasteiger charge is -2.25. The van der Waals surface area contributed by atoms with Crippen LogP contribution in [0.25, 0.3) is 0 Å². The fraction of sp³-hybridized carbons (Fsp3) is 0.562. The van der Waals surface area contributed by atoms with E-state index in [0.29, 0.717) is 5.69 Å². The van der Waals surface area contributed by atoms with Crippen molar-refractivity contribution in [2.45, 2.75) is 38.7 Å². The van der Waals surface area contributed by atoms with Gasteiger partial charge in [-0.05, 0) is 49.3 Å². The van der Waals surface area contributed by atoms with Crippen molar-refractivity contribution >= 4 is 11.6 Å². The van der Waals surface area contributed by atoms with Crippen molar-refractivity contribution in [3.8, 4) is 0 Å². The maximum absolute atomic E-state index is 12.1. The molecule has 110 valence electrons. The number of rotatable bonds is 4. The molecular weight excluding hydrogens is 252 g/mol. The largest absolute Gasteiger partial charge is 0.399 e. The molecule has 2 rings (SSSR count). The molecule has 0 heterocycles. The van der Waals surface area contributed by atoms with E-state index in [2.05, 4.69) is 12.2 Å². The number of amides is 1. The minimum atomic E-state index is -0.679. The molecule has 0 saturated heterocycles. The summed E-state index contributed by atoms with van der Waals surface area (Å²) in [5.74, 6) is 0.927. The molecule has 1 aliphatic rings. The highest BCUT2D eigenvalue weighted by atomic mass is 16.3. The highest BCUT2D eigenvalue weighted by Gasteiger charge is 2.24. The molecule has 1 aromatic carbocycles. The van der Waals surface area contributed by atoms with Crippen molar-refractivity contribution in [2.24, 2.45) is 11.8 Å². The SMILES string of the molecule is CC1CCC(C(=O)NCC(O)c2ccc(N)cc2)CC1. The Balaban J connectivity index is 1.79. The maximum atomic E-state index is 12.1. The van der Waals surface area contributed by atoms with Gasteiger partial charge in [-0.1, -0.05) is 19.1 Å². The number of benzene rings is 1. The number of hydrogen-bond acceptors (Lipinski definition) is 3. The first-order valence-corrected chi connectivity index (χ1v) is 7.37. The van der Waals surface area contributed by atoms with Crippen LogP contribution in [0.5, 0.6) is 0 Å². The summed E-state index contributed by atoms with van der Waals surface area (Å²) in [5.41, 5.74) is 7.05. The van der Waals surface area contributed by atoms with Gasteiger partial charge in [-0.2, -0.15) is 0 Å². The first kappa shape index (κ1) is 14.9. The maximum Gasteiger partial charge on any atom is 0.223 e. The van der Waals surface area contributed by atoms with Gasteiger partial charge >= 0.3 is 0 Å². The number of aliphatic hydroxyl groups excluding tert-OH is 1. The van der Waals surface area contributed by atoms with Gasteiger partial charge in [-0.3, -0.25) is 4.79 Å². The summed E-state index contributed by atoms with van der Waals surface area (Å²) in [7, 11) is 0. The summed E-state index contributed by atoms with van der Waals surface area (Å²) >= 11 is 0. The van der Waals surface area contributed by atoms with Gasteiger partial charge < -0.3 is 16.2 Å². The Morgan fingerprint density at radius 1 is 1.30 bits per heavy atom. The Morgan fingerprint density at radius 2 is 1.90 bits per heavy atom. The minimum Gasteiger partial charge on any atom is -0.399 e. The average molecular weight is 276 g/mol. The third-order valence-corrected chi connectivity index (χ3v) is 4.18. The van der Waals surface area contributed by atoms with Crippen molar-refractivity contribution < 1.29 is 9.90 Å². The van der Waals surface area contributed by atoms with Gasteiger partial charge in [0.2, 0.25) is 5.91 Å². The Kier molecular flexibility index (Phi) is 5.01. The molecule has 20 heavy (non-hydrogen) atoms. The van der Waals surface area contributed by atoms with E-state index in [-0.39, 0.29) is 18.4 Å². The molecule has 4 nitrogen and oxygen atoms in total. The standard InChI is InChI=1S/C16H24N2O2/c1-11-2-4-13(5-3-11)16(20)18-10-15(19)12-6-8-14(17)9-7-12/h6-9,11,13,15,19H,2-5,10,17H2,1H3,(H,18,20). The molecule has 1 saturated carbocycles. The molecule has 4 heteroatoms. The molecule has 0 spiro atoms. The normalized spacial score (nSPS) is 24.1. The number of nitrogens with two attached hydrogens (primary N) is 1. The molecule has 4 N–H and O–H groups in total. The summed E-state index contributed by atoms with van der Waals surface area (Å²) in [6.07, 6.45) is 3.50. The summed E-state index contributed by atoms with van der Waals surface area (Å²) in [4.78, 5) is 12.1. The smallest absolute Gasteiger partial charge is 0.223 e. The molecule has 0 aromatic heterocycles. The van der Waals surface area contributed by atoms with Crippen molar-refractivity contribution in [1.82, 2.24) is 5.32 Å². The van der Waals surface area contributed by atoms with E-state index >= 15 is 0 Å². The number of carbonyl (C=O) groups is 1. The summed E-state index contributed by atoms with van der Waals surface area (Å²) in [6.45, 7) is 2.49. The van der Waals surface area contributed by atoms with Crippen LogP contribution in [0.1, 0.15) is 44.3 Å². The highest BCUT2D eigenvalue weighted by Crippen LogP contribution is 2.28. The van der Waals surface area contributed by atoms with Crippen LogP contribution < -0.4 is 11.1 Å². The van der Waals surface area contributed by atoms with Gasteiger partial charge in [0.05, 0.1) is 6.10 Å². The second-order valence-corrected chi connectivity index (χ2v) is 5.88. The molecule has 1 unspecified atom stereocenters. The summed E-state index contributed by atoms with van der Waals surface area (Å²) in [5, 5.41) is 12.9. The van der Waals surface area contributed by atoms with Crippen LogP contribution in [0.15, 0.2) is 24.3 Å². The number of hydrogen-bond donors (Lipinski definition) is 3. The first-order chi connectivity index (χ1) is 9.56. The second-order valence-electron chi connectivity index (χ2n) is 5.88. The minimum absolute atomic E-state index is 0.0754. The van der Waals surface area contributed by atoms with E-state index in [1.807, 2.05) is 0 Å². The van der Waals surface area contributed by atoms with Crippen LogP contribution in [-0.4, -0.2) is 17.6 Å². The molecule has 1 aromatic rings. The lowest BCUT2D eigenvalue weighted by Crippen LogP contribution is -2.35. The van der Waals surface area contributed by atoms with Crippen molar-refractivity contribution in [1.29, 1.82) is 0 Å². The fourth-order valence-electron chi connectivity index (χ4n) is 2.70. The predicted octanol–water partition coefficient (Wildman–Crippen LogP) is 2.24. The van der Waals surface area contributed by atoms with E-state index in [9.17, 15) is 9.90 Å². The lowest BCUT2D eigenvalue weighted by atomic mass is 9.82. The van der Waals surface area contributed by atoms with Crippen molar-refractivity contribution in [3.05, 3.63) is 29.8 Å². The number of aliphatic hydroxyl groups is 1. The first-order valence-electron chi connectivity index (χ1n) is 7.37. The van der Waals surface area contributed by atoms with E-state index < -0.39 is 6.10 Å².